The molecule has 1 rings (SSSR count). The van der Waals surface area contributed by atoms with Crippen molar-refractivity contribution in [3.63, 3.8) is 0 Å². The topological polar surface area (TPSA) is 66.4 Å². The molecule has 2 N–H and O–H groups in total. The summed E-state index contributed by atoms with van der Waals surface area (Å²) in [6, 6.07) is 1.22. The largest absolute Gasteiger partial charge is 0.396 e. The second-order valence-electron chi connectivity index (χ2n) is 4.09. The maximum atomic E-state index is 12.0. The number of halogens is 1. The van der Waals surface area contributed by atoms with Crippen LogP contribution in [0.5, 0.6) is 0 Å². The summed E-state index contributed by atoms with van der Waals surface area (Å²) in [7, 11) is -3.54. The molecule has 1 aromatic heterocycles. The summed E-state index contributed by atoms with van der Waals surface area (Å²) in [6.07, 6.45) is 0. The Balaban J connectivity index is 2.89. The van der Waals surface area contributed by atoms with Gasteiger partial charge in [0.25, 0.3) is 0 Å². The minimum absolute atomic E-state index is 0.0616. The molecule has 0 spiro atoms. The van der Waals surface area contributed by atoms with E-state index in [1.165, 1.54) is 0 Å². The number of sulfonamides is 1. The zero-order chi connectivity index (χ0) is 13.2. The fourth-order valence-electron chi connectivity index (χ4n) is 1.14. The van der Waals surface area contributed by atoms with Crippen molar-refractivity contribution in [1.82, 2.24) is 4.72 Å². The van der Waals surface area contributed by atoms with Gasteiger partial charge in [-0.1, -0.05) is 18.5 Å². The number of aliphatic hydroxyl groups is 1. The first kappa shape index (κ1) is 14.9. The first-order chi connectivity index (χ1) is 7.77. The molecule has 0 aromatic carbocycles. The molecule has 2 unspecified atom stereocenters. The summed E-state index contributed by atoms with van der Waals surface area (Å²) in [5, 5.41) is 8.97. The van der Waals surface area contributed by atoms with Gasteiger partial charge in [-0.2, -0.15) is 0 Å². The lowest BCUT2D eigenvalue weighted by Gasteiger charge is -2.18. The van der Waals surface area contributed by atoms with Crippen molar-refractivity contribution >= 4 is 33.0 Å². The van der Waals surface area contributed by atoms with Gasteiger partial charge in [0.05, 0.1) is 4.34 Å². The second kappa shape index (κ2) is 5.67. The van der Waals surface area contributed by atoms with Gasteiger partial charge in [0.2, 0.25) is 10.0 Å². The van der Waals surface area contributed by atoms with Crippen molar-refractivity contribution in [3.8, 4) is 0 Å². The van der Waals surface area contributed by atoms with Crippen LogP contribution < -0.4 is 4.72 Å². The maximum absolute atomic E-state index is 12.0. The van der Waals surface area contributed by atoms with Crippen molar-refractivity contribution in [3.05, 3.63) is 16.0 Å². The van der Waals surface area contributed by atoms with Crippen molar-refractivity contribution in [2.75, 3.05) is 6.61 Å². The molecule has 0 aliphatic rings. The van der Waals surface area contributed by atoms with Crippen molar-refractivity contribution in [2.24, 2.45) is 5.92 Å². The van der Waals surface area contributed by atoms with Gasteiger partial charge in [0.1, 0.15) is 4.21 Å². The van der Waals surface area contributed by atoms with Crippen LogP contribution >= 0.6 is 22.9 Å². The molecule has 0 amide bonds. The smallest absolute Gasteiger partial charge is 0.250 e. The molecule has 7 heteroatoms. The van der Waals surface area contributed by atoms with Crippen LogP contribution in [0.25, 0.3) is 0 Å². The second-order valence-corrected chi connectivity index (χ2v) is 7.69. The molecule has 2 atom stereocenters. The zero-order valence-electron chi connectivity index (χ0n) is 9.90. The Kier molecular flexibility index (Phi) is 4.97. The van der Waals surface area contributed by atoms with Gasteiger partial charge in [0.15, 0.2) is 0 Å². The van der Waals surface area contributed by atoms with Gasteiger partial charge in [-0.05, 0) is 31.4 Å². The lowest BCUT2D eigenvalue weighted by atomic mass is 10.1. The predicted octanol–water partition coefficient (Wildman–Crippen LogP) is 2.01. The number of hydrogen-bond acceptors (Lipinski definition) is 4. The van der Waals surface area contributed by atoms with E-state index in [-0.39, 0.29) is 22.8 Å². The van der Waals surface area contributed by atoms with E-state index in [0.717, 1.165) is 16.9 Å². The fourth-order valence-corrected chi connectivity index (χ4v) is 4.22. The number of thiophene rings is 1. The molecular weight excluding hydrogens is 282 g/mol. The maximum Gasteiger partial charge on any atom is 0.250 e. The van der Waals surface area contributed by atoms with Crippen molar-refractivity contribution < 1.29 is 13.5 Å². The third kappa shape index (κ3) is 3.66. The molecule has 1 aromatic rings. The summed E-state index contributed by atoms with van der Waals surface area (Å²) in [5.41, 5.74) is 0.750. The van der Waals surface area contributed by atoms with E-state index >= 15 is 0 Å². The molecule has 0 saturated heterocycles. The Morgan fingerprint density at radius 1 is 1.53 bits per heavy atom. The lowest BCUT2D eigenvalue weighted by Crippen LogP contribution is -2.37. The van der Waals surface area contributed by atoms with Gasteiger partial charge in [-0.25, -0.2) is 13.1 Å². The molecule has 0 aliphatic carbocycles. The van der Waals surface area contributed by atoms with Crippen LogP contribution in [0.4, 0.5) is 0 Å². The van der Waals surface area contributed by atoms with Crippen LogP contribution in [-0.2, 0) is 10.0 Å². The molecule has 0 radical (unpaired) electrons. The Hall–Kier alpha value is -0.140. The highest BCUT2D eigenvalue weighted by atomic mass is 35.5. The Labute approximate surface area is 111 Å². The standard InChI is InChI=1S/C10H16ClNO3S2/c1-6-4-9(16-10(6)11)17(14,15)12-8(3)7(2)5-13/h4,7-8,12-13H,5H2,1-3H3. The normalized spacial score (nSPS) is 15.8. The van der Waals surface area contributed by atoms with Crippen LogP contribution in [0.2, 0.25) is 4.34 Å². The molecule has 0 saturated carbocycles. The van der Waals surface area contributed by atoms with E-state index in [1.807, 2.05) is 0 Å². The summed E-state index contributed by atoms with van der Waals surface area (Å²) in [4.78, 5) is 0. The van der Waals surface area contributed by atoms with E-state index in [4.69, 9.17) is 16.7 Å². The van der Waals surface area contributed by atoms with Crippen LogP contribution in [0.15, 0.2) is 10.3 Å². The van der Waals surface area contributed by atoms with Crippen molar-refractivity contribution in [2.45, 2.75) is 31.0 Å². The van der Waals surface area contributed by atoms with Crippen LogP contribution in [0.1, 0.15) is 19.4 Å². The van der Waals surface area contributed by atoms with Gasteiger partial charge >= 0.3 is 0 Å². The summed E-state index contributed by atoms with van der Waals surface area (Å²) in [6.45, 7) is 5.20. The monoisotopic (exact) mass is 297 g/mol. The Morgan fingerprint density at radius 3 is 2.53 bits per heavy atom. The van der Waals surface area contributed by atoms with E-state index < -0.39 is 10.0 Å². The quantitative estimate of drug-likeness (QED) is 0.873. The summed E-state index contributed by atoms with van der Waals surface area (Å²) < 4.78 is 27.2. The third-order valence-corrected chi connectivity index (χ3v) is 6.17. The molecule has 0 bridgehead atoms. The SMILES string of the molecule is Cc1cc(S(=O)(=O)NC(C)C(C)CO)sc1Cl. The fraction of sp³-hybridized carbons (Fsp3) is 0.600. The number of hydrogen-bond donors (Lipinski definition) is 2. The first-order valence-electron chi connectivity index (χ1n) is 5.17. The van der Waals surface area contributed by atoms with Crippen LogP contribution in [-0.4, -0.2) is 26.2 Å². The highest BCUT2D eigenvalue weighted by Crippen LogP contribution is 2.30. The van der Waals surface area contributed by atoms with E-state index in [1.54, 1.807) is 26.8 Å². The zero-order valence-corrected chi connectivity index (χ0v) is 12.3. The van der Waals surface area contributed by atoms with Gasteiger partial charge in [-0.15, -0.1) is 11.3 Å². The molecule has 17 heavy (non-hydrogen) atoms. The Bertz CT molecular complexity index is 464. The van der Waals surface area contributed by atoms with Crippen molar-refractivity contribution in [1.29, 1.82) is 0 Å². The summed E-state index contributed by atoms with van der Waals surface area (Å²) in [5.74, 6) is -0.138. The lowest BCUT2D eigenvalue weighted by molar-refractivity contribution is 0.216. The van der Waals surface area contributed by atoms with Gasteiger partial charge < -0.3 is 5.11 Å². The number of nitrogens with one attached hydrogen (secondary N) is 1. The van der Waals surface area contributed by atoms with E-state index in [2.05, 4.69) is 4.72 Å². The predicted molar refractivity (Wildman–Crippen MR) is 70.1 cm³/mol. The Morgan fingerprint density at radius 2 is 2.12 bits per heavy atom. The molecular formula is C10H16ClNO3S2. The summed E-state index contributed by atoms with van der Waals surface area (Å²) >= 11 is 6.88. The number of aryl methyl sites for hydroxylation is 1. The average molecular weight is 298 g/mol. The molecule has 1 heterocycles. The molecule has 0 aliphatic heterocycles. The highest BCUT2D eigenvalue weighted by Gasteiger charge is 2.23. The average Bonchev–Trinajstić information content (AvgIpc) is 2.58. The van der Waals surface area contributed by atoms with Gasteiger partial charge in [0, 0.05) is 12.6 Å². The third-order valence-electron chi connectivity index (χ3n) is 2.58. The molecule has 4 nitrogen and oxygen atoms in total. The molecule has 98 valence electrons. The molecule has 0 fully saturated rings. The highest BCUT2D eigenvalue weighted by molar-refractivity contribution is 7.91. The van der Waals surface area contributed by atoms with Crippen LogP contribution in [0, 0.1) is 12.8 Å². The van der Waals surface area contributed by atoms with E-state index in [9.17, 15) is 8.42 Å². The van der Waals surface area contributed by atoms with Gasteiger partial charge in [-0.3, -0.25) is 0 Å². The minimum atomic E-state index is -3.54. The van der Waals surface area contributed by atoms with E-state index in [0.29, 0.717) is 4.34 Å². The number of rotatable bonds is 5. The minimum Gasteiger partial charge on any atom is -0.396 e. The van der Waals surface area contributed by atoms with Crippen LogP contribution in [0.3, 0.4) is 0 Å². The first-order valence-corrected chi connectivity index (χ1v) is 7.84. The number of aliphatic hydroxyl groups excluding tert-OH is 1.